The lowest BCUT2D eigenvalue weighted by Gasteiger charge is -2.28. The third kappa shape index (κ3) is 6.27. The molecule has 0 bridgehead atoms. The Hall–Kier alpha value is -3.65. The summed E-state index contributed by atoms with van der Waals surface area (Å²) in [5.74, 6) is -0.373. The molecule has 1 heterocycles. The molecule has 1 saturated heterocycles. The maximum Gasteiger partial charge on any atom is 0.320 e. The number of rotatable bonds is 8. The van der Waals surface area contributed by atoms with Crippen LogP contribution < -0.4 is 20.9 Å². The number of para-hydroxylation sites is 1. The number of carbonyl (C=O) groups is 1. The van der Waals surface area contributed by atoms with E-state index >= 15 is 0 Å². The number of nitrogens with two attached hydrogens (primary N) is 1. The molecule has 1 aliphatic rings. The van der Waals surface area contributed by atoms with Gasteiger partial charge in [-0.25, -0.2) is 13.8 Å². The lowest BCUT2D eigenvalue weighted by molar-refractivity contribution is -0.132. The maximum atomic E-state index is 12.9. The summed E-state index contributed by atoms with van der Waals surface area (Å²) < 4.78 is 23.3. The maximum absolute atomic E-state index is 12.9. The summed E-state index contributed by atoms with van der Waals surface area (Å²) in [6.45, 7) is 2.59. The topological polar surface area (TPSA) is 104 Å². The van der Waals surface area contributed by atoms with Crippen LogP contribution in [0.2, 0.25) is 0 Å². The van der Waals surface area contributed by atoms with E-state index in [-0.39, 0.29) is 16.5 Å². The van der Waals surface area contributed by atoms with Crippen LogP contribution in [0.1, 0.15) is 30.4 Å². The molecule has 0 unspecified atom stereocenters. The standard InChI is InChI=1S/C27H30N4O3S/c1-35(33,34)23-15-9-20(10-16-23)19-29-25-8-4-3-7-24(25)26(28)27(32)30-21-11-13-22(14-12-21)31-17-5-2-6-18-31/h3-4,7-16,28-29H,2,5-6,17-19H2,1H3,(H,30,32)/p+1. The number of hydrogen-bond donors (Lipinski definition) is 3. The van der Waals surface area contributed by atoms with Gasteiger partial charge in [0.1, 0.15) is 0 Å². The van der Waals surface area contributed by atoms with E-state index < -0.39 is 9.84 Å². The van der Waals surface area contributed by atoms with Crippen LogP contribution in [0.15, 0.2) is 77.7 Å². The summed E-state index contributed by atoms with van der Waals surface area (Å²) >= 11 is 0. The van der Waals surface area contributed by atoms with Gasteiger partial charge in [0.15, 0.2) is 9.84 Å². The SMILES string of the molecule is CS(=O)(=O)c1ccc(CNc2ccccc2C(=[NH2+])C(=O)Nc2ccc(N3CCCCC3)cc2)cc1. The second-order valence-electron chi connectivity index (χ2n) is 8.78. The van der Waals surface area contributed by atoms with Crippen LogP contribution in [0.5, 0.6) is 0 Å². The fourth-order valence-corrected chi connectivity index (χ4v) is 4.78. The van der Waals surface area contributed by atoms with Gasteiger partial charge in [0.2, 0.25) is 0 Å². The Morgan fingerprint density at radius 2 is 1.57 bits per heavy atom. The zero-order valence-electron chi connectivity index (χ0n) is 19.8. The zero-order chi connectivity index (χ0) is 24.8. The summed E-state index contributed by atoms with van der Waals surface area (Å²) in [6.07, 6.45) is 4.89. The van der Waals surface area contributed by atoms with Crippen LogP contribution in [-0.2, 0) is 21.2 Å². The molecule has 35 heavy (non-hydrogen) atoms. The van der Waals surface area contributed by atoms with E-state index in [9.17, 15) is 13.2 Å². The highest BCUT2D eigenvalue weighted by molar-refractivity contribution is 7.90. The quantitative estimate of drug-likeness (QED) is 0.421. The van der Waals surface area contributed by atoms with Gasteiger partial charge in [-0.3, -0.25) is 4.79 Å². The number of piperidine rings is 1. The molecule has 1 amide bonds. The molecule has 8 heteroatoms. The minimum absolute atomic E-state index is 0.112. The Morgan fingerprint density at radius 3 is 2.23 bits per heavy atom. The Labute approximate surface area is 206 Å². The van der Waals surface area contributed by atoms with Gasteiger partial charge < -0.3 is 15.5 Å². The third-order valence-corrected chi connectivity index (χ3v) is 7.27. The number of amides is 1. The minimum Gasteiger partial charge on any atom is -0.380 e. The van der Waals surface area contributed by atoms with Crippen molar-refractivity contribution in [3.8, 4) is 0 Å². The highest BCUT2D eigenvalue weighted by Gasteiger charge is 2.21. The zero-order valence-corrected chi connectivity index (χ0v) is 20.6. The van der Waals surface area contributed by atoms with Crippen molar-refractivity contribution in [3.63, 3.8) is 0 Å². The molecule has 1 fully saturated rings. The summed E-state index contributed by atoms with van der Waals surface area (Å²) in [5.41, 5.74) is 4.19. The number of nitrogens with one attached hydrogen (secondary N) is 2. The average Bonchev–Trinajstić information content (AvgIpc) is 2.88. The van der Waals surface area contributed by atoms with E-state index in [2.05, 4.69) is 15.5 Å². The molecule has 4 N–H and O–H groups in total. The van der Waals surface area contributed by atoms with Crippen LogP contribution >= 0.6 is 0 Å². The van der Waals surface area contributed by atoms with Gasteiger partial charge in [0.05, 0.1) is 10.5 Å². The van der Waals surface area contributed by atoms with Crippen molar-refractivity contribution in [1.29, 1.82) is 0 Å². The molecule has 0 saturated carbocycles. The first-order valence-corrected chi connectivity index (χ1v) is 13.6. The Balaban J connectivity index is 1.40. The van der Waals surface area contributed by atoms with Crippen molar-refractivity contribution in [2.45, 2.75) is 30.7 Å². The van der Waals surface area contributed by atoms with Gasteiger partial charge in [-0.1, -0.05) is 24.3 Å². The van der Waals surface area contributed by atoms with Gasteiger partial charge in [-0.2, -0.15) is 0 Å². The number of benzene rings is 3. The van der Waals surface area contributed by atoms with Crippen molar-refractivity contribution in [1.82, 2.24) is 0 Å². The van der Waals surface area contributed by atoms with Gasteiger partial charge in [-0.05, 0) is 73.4 Å². The lowest BCUT2D eigenvalue weighted by Crippen LogP contribution is -2.48. The molecule has 0 aliphatic carbocycles. The molecule has 1 aliphatic heterocycles. The summed E-state index contributed by atoms with van der Waals surface area (Å²) in [6, 6.07) is 21.9. The summed E-state index contributed by atoms with van der Waals surface area (Å²) in [4.78, 5) is 15.5. The van der Waals surface area contributed by atoms with E-state index in [1.165, 1.54) is 31.2 Å². The number of sulfone groups is 1. The normalized spacial score (nSPS) is 13.8. The number of hydrogen-bond acceptors (Lipinski definition) is 5. The van der Waals surface area contributed by atoms with Crippen molar-refractivity contribution in [2.75, 3.05) is 34.9 Å². The molecule has 4 rings (SSSR count). The predicted octanol–water partition coefficient (Wildman–Crippen LogP) is 2.88. The van der Waals surface area contributed by atoms with Gasteiger partial charge >= 0.3 is 5.91 Å². The monoisotopic (exact) mass is 491 g/mol. The van der Waals surface area contributed by atoms with Gasteiger partial charge in [0, 0.05) is 43.0 Å². The minimum atomic E-state index is -3.24. The van der Waals surface area contributed by atoms with E-state index in [0.717, 1.165) is 18.7 Å². The highest BCUT2D eigenvalue weighted by Crippen LogP contribution is 2.22. The third-order valence-electron chi connectivity index (χ3n) is 6.14. The van der Waals surface area contributed by atoms with Gasteiger partial charge in [-0.15, -0.1) is 0 Å². The second-order valence-corrected chi connectivity index (χ2v) is 10.8. The van der Waals surface area contributed by atoms with E-state index in [1.807, 2.05) is 42.5 Å². The number of carbonyl (C=O) groups excluding carboxylic acids is 1. The molecular formula is C27H31N4O3S+. The van der Waals surface area contributed by atoms with Crippen LogP contribution in [0.4, 0.5) is 17.1 Å². The first-order valence-electron chi connectivity index (χ1n) is 11.7. The Morgan fingerprint density at radius 1 is 0.914 bits per heavy atom. The summed E-state index contributed by atoms with van der Waals surface area (Å²) in [5, 5.41) is 12.4. The van der Waals surface area contributed by atoms with E-state index in [1.54, 1.807) is 30.3 Å². The Bertz CT molecular complexity index is 1300. The average molecular weight is 492 g/mol. The van der Waals surface area contributed by atoms with Crippen molar-refractivity contribution >= 4 is 38.5 Å². The lowest BCUT2D eigenvalue weighted by atomic mass is 10.1. The van der Waals surface area contributed by atoms with Crippen LogP contribution in [0, 0.1) is 0 Å². The first kappa shape index (κ1) is 24.5. The van der Waals surface area contributed by atoms with Crippen molar-refractivity contribution in [3.05, 3.63) is 83.9 Å². The molecule has 3 aromatic rings. The molecular weight excluding hydrogens is 460 g/mol. The first-order chi connectivity index (χ1) is 16.8. The molecule has 3 aromatic carbocycles. The van der Waals surface area contributed by atoms with Crippen molar-refractivity contribution < 1.29 is 18.6 Å². The molecule has 7 nitrogen and oxygen atoms in total. The van der Waals surface area contributed by atoms with Gasteiger partial charge in [0.25, 0.3) is 5.71 Å². The van der Waals surface area contributed by atoms with Crippen molar-refractivity contribution in [2.24, 2.45) is 0 Å². The predicted molar refractivity (Wildman–Crippen MR) is 140 cm³/mol. The van der Waals surface area contributed by atoms with Crippen LogP contribution in [0.3, 0.4) is 0 Å². The molecule has 0 radical (unpaired) electrons. The van der Waals surface area contributed by atoms with Crippen LogP contribution in [-0.4, -0.2) is 39.4 Å². The summed E-state index contributed by atoms with van der Waals surface area (Å²) in [7, 11) is -3.24. The molecule has 182 valence electrons. The number of nitrogens with zero attached hydrogens (tertiary/aromatic N) is 1. The van der Waals surface area contributed by atoms with E-state index in [4.69, 9.17) is 5.41 Å². The van der Waals surface area contributed by atoms with Crippen LogP contribution in [0.25, 0.3) is 0 Å². The molecule has 0 atom stereocenters. The second kappa shape index (κ2) is 10.7. The fourth-order valence-electron chi connectivity index (χ4n) is 4.15. The molecule has 0 spiro atoms. The van der Waals surface area contributed by atoms with E-state index in [0.29, 0.717) is 23.5 Å². The largest absolute Gasteiger partial charge is 0.380 e. The molecule has 0 aromatic heterocycles. The number of anilines is 3. The Kier molecular flexibility index (Phi) is 7.51. The smallest absolute Gasteiger partial charge is 0.320 e. The highest BCUT2D eigenvalue weighted by atomic mass is 32.2. The fraction of sp³-hybridized carbons (Fsp3) is 0.259.